The molecule has 0 aliphatic rings. The molecule has 0 heterocycles. The summed E-state index contributed by atoms with van der Waals surface area (Å²) in [6.45, 7) is 0. The molecule has 0 N–H and O–H groups in total. The van der Waals surface area contributed by atoms with Crippen molar-refractivity contribution in [2.75, 3.05) is 0 Å². The van der Waals surface area contributed by atoms with E-state index in [0.29, 0.717) is 5.69 Å². The average Bonchev–Trinajstić information content (AvgIpc) is 3.00. The third-order valence-corrected chi connectivity index (χ3v) is 7.45. The Bertz CT molecular complexity index is 1910. The molecule has 0 aliphatic carbocycles. The van der Waals surface area contributed by atoms with Gasteiger partial charge in [0, 0.05) is 5.39 Å². The van der Waals surface area contributed by atoms with Crippen LogP contribution in [0.5, 0.6) is 0 Å². The minimum Gasteiger partial charge on any atom is -0.145 e. The van der Waals surface area contributed by atoms with E-state index in [1.807, 2.05) is 12.1 Å². The van der Waals surface area contributed by atoms with Crippen molar-refractivity contribution in [1.29, 1.82) is 0 Å². The first-order valence-electron chi connectivity index (χ1n) is 12.8. The summed E-state index contributed by atoms with van der Waals surface area (Å²) in [5.74, 6) is 0. The van der Waals surface area contributed by atoms with Crippen molar-refractivity contribution in [1.82, 2.24) is 0 Å². The number of hydrogen-bond donors (Lipinski definition) is 0. The van der Waals surface area contributed by atoms with Gasteiger partial charge in [-0.1, -0.05) is 133 Å². The molecular formula is C36H23NO. The minimum absolute atomic E-state index is 0.477. The van der Waals surface area contributed by atoms with Gasteiger partial charge < -0.3 is 0 Å². The molecule has 0 amide bonds. The molecule has 0 saturated heterocycles. The Morgan fingerprint density at radius 2 is 0.868 bits per heavy atom. The Balaban J connectivity index is 1.67. The molecule has 0 fully saturated rings. The van der Waals surface area contributed by atoms with Gasteiger partial charge in [-0.05, 0) is 71.6 Å². The van der Waals surface area contributed by atoms with Crippen molar-refractivity contribution in [2.45, 2.75) is 0 Å². The van der Waals surface area contributed by atoms with Crippen molar-refractivity contribution < 1.29 is 0 Å². The van der Waals surface area contributed by atoms with Gasteiger partial charge in [0.25, 0.3) is 0 Å². The summed E-state index contributed by atoms with van der Waals surface area (Å²) in [4.78, 5) is 11.7. The van der Waals surface area contributed by atoms with Crippen LogP contribution in [0.1, 0.15) is 22.3 Å². The number of hydrogen-bond acceptors (Lipinski definition) is 2. The van der Waals surface area contributed by atoms with Gasteiger partial charge in [0.15, 0.2) is 0 Å². The highest BCUT2D eigenvalue weighted by atomic mass is 16.3. The molecule has 0 atom stereocenters. The lowest BCUT2D eigenvalue weighted by Gasteiger charge is -2.21. The van der Waals surface area contributed by atoms with Crippen LogP contribution in [-0.4, -0.2) is 0 Å². The zero-order valence-electron chi connectivity index (χ0n) is 20.6. The van der Waals surface area contributed by atoms with Crippen LogP contribution in [0, 0.1) is 4.91 Å². The molecule has 2 nitrogen and oxygen atoms in total. The summed E-state index contributed by atoms with van der Waals surface area (Å²) in [5, 5.41) is 9.90. The normalized spacial score (nSPS) is 11.3. The van der Waals surface area contributed by atoms with E-state index in [2.05, 4.69) is 133 Å². The maximum atomic E-state index is 11.7. The monoisotopic (exact) mass is 485 g/mol. The van der Waals surface area contributed by atoms with Gasteiger partial charge in [0.2, 0.25) is 0 Å². The Kier molecular flexibility index (Phi) is 5.30. The minimum atomic E-state index is 0.477. The van der Waals surface area contributed by atoms with Crippen LogP contribution < -0.4 is 0 Å². The van der Waals surface area contributed by atoms with E-state index in [4.69, 9.17) is 0 Å². The molecule has 7 aromatic carbocycles. The van der Waals surface area contributed by atoms with Crippen LogP contribution in [0.2, 0.25) is 0 Å². The molecule has 2 heteroatoms. The fourth-order valence-corrected chi connectivity index (χ4v) is 5.79. The Morgan fingerprint density at radius 1 is 0.421 bits per heavy atom. The van der Waals surface area contributed by atoms with Crippen molar-refractivity contribution in [2.24, 2.45) is 5.18 Å². The predicted molar refractivity (Wildman–Crippen MR) is 160 cm³/mol. The van der Waals surface area contributed by atoms with E-state index < -0.39 is 0 Å². The highest BCUT2D eigenvalue weighted by molar-refractivity contribution is 6.27. The third-order valence-electron chi connectivity index (χ3n) is 7.45. The van der Waals surface area contributed by atoms with Gasteiger partial charge in [-0.2, -0.15) is 0 Å². The maximum absolute atomic E-state index is 11.7. The number of benzene rings is 7. The van der Waals surface area contributed by atoms with E-state index in [1.165, 1.54) is 11.1 Å². The van der Waals surface area contributed by atoms with Crippen LogP contribution in [0.3, 0.4) is 0 Å². The van der Waals surface area contributed by atoms with Crippen LogP contribution in [-0.2, 0) is 0 Å². The lowest BCUT2D eigenvalue weighted by Crippen LogP contribution is -1.99. The zero-order chi connectivity index (χ0) is 25.5. The van der Waals surface area contributed by atoms with Gasteiger partial charge in [0.05, 0.1) is 0 Å². The van der Waals surface area contributed by atoms with E-state index in [1.54, 1.807) is 0 Å². The summed E-state index contributed by atoms with van der Waals surface area (Å²) >= 11 is 0. The van der Waals surface area contributed by atoms with Gasteiger partial charge in [-0.15, -0.1) is 4.91 Å². The molecule has 0 spiro atoms. The van der Waals surface area contributed by atoms with E-state index >= 15 is 0 Å². The zero-order valence-corrected chi connectivity index (χ0v) is 20.6. The molecule has 38 heavy (non-hydrogen) atoms. The molecule has 0 radical (unpaired) electrons. The molecule has 0 unspecified atom stereocenters. The van der Waals surface area contributed by atoms with E-state index in [0.717, 1.165) is 54.6 Å². The van der Waals surface area contributed by atoms with Crippen LogP contribution in [0.25, 0.3) is 43.5 Å². The summed E-state index contributed by atoms with van der Waals surface area (Å²) in [5.41, 5.74) is 7.47. The molecule has 0 aromatic heterocycles. The molecule has 0 saturated carbocycles. The molecule has 0 aliphatic heterocycles. The number of nitrogens with zero attached hydrogens (tertiary/aromatic N) is 1. The first-order valence-corrected chi connectivity index (χ1v) is 12.8. The Morgan fingerprint density at radius 3 is 1.42 bits per heavy atom. The molecular weight excluding hydrogens is 462 g/mol. The predicted octanol–water partition coefficient (Wildman–Crippen LogP) is 9.99. The van der Waals surface area contributed by atoms with Crippen LogP contribution in [0.4, 0.5) is 5.69 Å². The number of nitroso groups, excluding NO2 is 1. The lowest BCUT2D eigenvalue weighted by molar-refractivity contribution is 1.51. The van der Waals surface area contributed by atoms with Gasteiger partial charge >= 0.3 is 0 Å². The topological polar surface area (TPSA) is 29.4 Å². The first-order chi connectivity index (χ1) is 18.8. The Hall–Kier alpha value is -5.08. The highest BCUT2D eigenvalue weighted by Gasteiger charge is 2.20. The molecule has 7 aromatic rings. The second-order valence-electron chi connectivity index (χ2n) is 9.56. The second kappa shape index (κ2) is 9.10. The SMILES string of the molecule is O=Nc1ccc2ccc3ccc(C(=C(c4ccccc4)c4ccccc4)c4ccccc4)c4ccc1c2c34. The summed E-state index contributed by atoms with van der Waals surface area (Å²) in [7, 11) is 0. The second-order valence-corrected chi connectivity index (χ2v) is 9.56. The summed E-state index contributed by atoms with van der Waals surface area (Å²) in [6.07, 6.45) is 0. The van der Waals surface area contributed by atoms with Crippen molar-refractivity contribution >= 4 is 49.2 Å². The number of rotatable bonds is 5. The first kappa shape index (κ1) is 22.1. The van der Waals surface area contributed by atoms with E-state index in [9.17, 15) is 4.91 Å². The van der Waals surface area contributed by atoms with Crippen molar-refractivity contribution in [3.8, 4) is 0 Å². The quantitative estimate of drug-likeness (QED) is 0.135. The standard InChI is InChI=1S/C36H23NO/c38-37-32-23-19-28-17-16-27-18-20-29(30-21-22-31(32)36(28)35(27)30)34(26-14-8-3-9-15-26)33(24-10-4-1-5-11-24)25-12-6-2-7-13-25/h1-23H. The smallest absolute Gasteiger partial charge is 0.115 e. The maximum Gasteiger partial charge on any atom is 0.115 e. The van der Waals surface area contributed by atoms with Crippen LogP contribution >= 0.6 is 0 Å². The summed E-state index contributed by atoms with van der Waals surface area (Å²) in [6, 6.07) is 48.6. The van der Waals surface area contributed by atoms with Crippen molar-refractivity contribution in [3.63, 3.8) is 0 Å². The Labute approximate surface area is 220 Å². The van der Waals surface area contributed by atoms with Crippen LogP contribution in [0.15, 0.2) is 145 Å². The largest absolute Gasteiger partial charge is 0.145 e. The summed E-state index contributed by atoms with van der Waals surface area (Å²) < 4.78 is 0. The fourth-order valence-electron chi connectivity index (χ4n) is 5.79. The highest BCUT2D eigenvalue weighted by Crippen LogP contribution is 2.44. The van der Waals surface area contributed by atoms with Gasteiger partial charge in [0.1, 0.15) is 5.69 Å². The average molecular weight is 486 g/mol. The molecule has 7 rings (SSSR count). The fraction of sp³-hybridized carbons (Fsp3) is 0. The third kappa shape index (κ3) is 3.50. The van der Waals surface area contributed by atoms with E-state index in [-0.39, 0.29) is 0 Å². The molecule has 178 valence electrons. The van der Waals surface area contributed by atoms with Gasteiger partial charge in [-0.25, -0.2) is 0 Å². The molecule has 0 bridgehead atoms. The van der Waals surface area contributed by atoms with Crippen molar-refractivity contribution in [3.05, 3.63) is 167 Å². The van der Waals surface area contributed by atoms with Gasteiger partial charge in [-0.3, -0.25) is 0 Å². The lowest BCUT2D eigenvalue weighted by atomic mass is 9.82.